The van der Waals surface area contributed by atoms with Gasteiger partial charge in [0, 0.05) is 30.4 Å². The first kappa shape index (κ1) is 12.2. The lowest BCUT2D eigenvalue weighted by molar-refractivity contribution is 0.442. The van der Waals surface area contributed by atoms with Crippen molar-refractivity contribution in [2.24, 2.45) is 5.73 Å². The largest absolute Gasteiger partial charge is 0.507 e. The minimum atomic E-state index is -0.285. The van der Waals surface area contributed by atoms with Crippen LogP contribution in [-0.4, -0.2) is 24.2 Å². The molecule has 1 aliphatic heterocycles. The summed E-state index contributed by atoms with van der Waals surface area (Å²) in [6.45, 7) is 5.03. The number of nitrogens with zero attached hydrogens (tertiary/aromatic N) is 1. The molecule has 0 amide bonds. The summed E-state index contributed by atoms with van der Waals surface area (Å²) in [5.74, 6) is 0.451. The highest BCUT2D eigenvalue weighted by molar-refractivity contribution is 5.62. The van der Waals surface area contributed by atoms with Gasteiger partial charge in [0.05, 0.1) is 0 Å². The van der Waals surface area contributed by atoms with Gasteiger partial charge in [0.25, 0.3) is 0 Å². The molecule has 0 unspecified atom stereocenters. The van der Waals surface area contributed by atoms with Crippen molar-refractivity contribution in [1.82, 2.24) is 0 Å². The number of benzene rings is 1. The second-order valence-electron chi connectivity index (χ2n) is 5.76. The van der Waals surface area contributed by atoms with E-state index in [-0.39, 0.29) is 5.54 Å². The van der Waals surface area contributed by atoms with Crippen molar-refractivity contribution in [1.29, 1.82) is 0 Å². The van der Waals surface area contributed by atoms with Crippen molar-refractivity contribution in [2.75, 3.05) is 18.5 Å². The van der Waals surface area contributed by atoms with Crippen molar-refractivity contribution in [3.63, 3.8) is 0 Å². The van der Waals surface area contributed by atoms with E-state index in [0.717, 1.165) is 36.2 Å². The molecule has 2 rings (SSSR count). The van der Waals surface area contributed by atoms with Crippen LogP contribution in [0.2, 0.25) is 0 Å². The van der Waals surface area contributed by atoms with Gasteiger partial charge in [0.15, 0.2) is 0 Å². The average Bonchev–Trinajstić information content (AvgIpc) is 2.21. The number of rotatable bonds is 2. The lowest BCUT2D eigenvalue weighted by Crippen LogP contribution is -2.34. The lowest BCUT2D eigenvalue weighted by Gasteiger charge is -2.29. The number of fused-ring (bicyclic) bond motifs is 1. The van der Waals surface area contributed by atoms with E-state index >= 15 is 0 Å². The van der Waals surface area contributed by atoms with E-state index in [2.05, 4.69) is 18.0 Å². The molecule has 3 heteroatoms. The normalized spacial score (nSPS) is 15.9. The Morgan fingerprint density at radius 2 is 2.12 bits per heavy atom. The molecular formula is C14H22N2O. The average molecular weight is 234 g/mol. The summed E-state index contributed by atoms with van der Waals surface area (Å²) >= 11 is 0. The first-order valence-corrected chi connectivity index (χ1v) is 6.22. The van der Waals surface area contributed by atoms with Crippen molar-refractivity contribution < 1.29 is 5.11 Å². The van der Waals surface area contributed by atoms with Crippen LogP contribution >= 0.6 is 0 Å². The van der Waals surface area contributed by atoms with Crippen molar-refractivity contribution in [3.8, 4) is 5.75 Å². The molecule has 1 heterocycles. The first-order chi connectivity index (χ1) is 7.88. The van der Waals surface area contributed by atoms with Gasteiger partial charge in [0.1, 0.15) is 5.75 Å². The van der Waals surface area contributed by atoms with E-state index in [1.165, 1.54) is 0 Å². The SMILES string of the molecule is CN1CCCc2c1ccc(CC(C)(C)N)c2O. The Morgan fingerprint density at radius 3 is 2.76 bits per heavy atom. The van der Waals surface area contributed by atoms with Crippen molar-refractivity contribution in [3.05, 3.63) is 23.3 Å². The maximum atomic E-state index is 10.3. The molecule has 0 atom stereocenters. The third-order valence-corrected chi connectivity index (χ3v) is 3.32. The molecule has 1 aromatic carbocycles. The predicted molar refractivity (Wildman–Crippen MR) is 71.7 cm³/mol. The fourth-order valence-corrected chi connectivity index (χ4v) is 2.53. The van der Waals surface area contributed by atoms with E-state index < -0.39 is 0 Å². The topological polar surface area (TPSA) is 49.5 Å². The van der Waals surface area contributed by atoms with E-state index in [1.807, 2.05) is 19.9 Å². The minimum Gasteiger partial charge on any atom is -0.507 e. The molecule has 0 aliphatic carbocycles. The van der Waals surface area contributed by atoms with Gasteiger partial charge in [-0.3, -0.25) is 0 Å². The molecule has 0 radical (unpaired) electrons. The highest BCUT2D eigenvalue weighted by Gasteiger charge is 2.21. The molecule has 0 fully saturated rings. The van der Waals surface area contributed by atoms with Crippen LogP contribution in [0.3, 0.4) is 0 Å². The highest BCUT2D eigenvalue weighted by Crippen LogP contribution is 2.36. The maximum Gasteiger partial charge on any atom is 0.124 e. The van der Waals surface area contributed by atoms with Crippen LogP contribution in [0.15, 0.2) is 12.1 Å². The molecule has 0 saturated heterocycles. The van der Waals surface area contributed by atoms with Crippen LogP contribution in [0.1, 0.15) is 31.4 Å². The number of hydrogen-bond donors (Lipinski definition) is 2. The fraction of sp³-hybridized carbons (Fsp3) is 0.571. The third-order valence-electron chi connectivity index (χ3n) is 3.32. The quantitative estimate of drug-likeness (QED) is 0.823. The van der Waals surface area contributed by atoms with E-state index in [9.17, 15) is 5.11 Å². The maximum absolute atomic E-state index is 10.3. The van der Waals surface area contributed by atoms with Crippen LogP contribution in [0.25, 0.3) is 0 Å². The Bertz CT molecular complexity index is 421. The van der Waals surface area contributed by atoms with Gasteiger partial charge in [-0.15, -0.1) is 0 Å². The van der Waals surface area contributed by atoms with Gasteiger partial charge in [-0.05, 0) is 44.7 Å². The third kappa shape index (κ3) is 2.55. The standard InChI is InChI=1S/C14H22N2O/c1-14(2,15)9-10-6-7-12-11(13(10)17)5-4-8-16(12)3/h6-7,17H,4-5,8-9,15H2,1-3H3. The minimum absolute atomic E-state index is 0.285. The monoisotopic (exact) mass is 234 g/mol. The smallest absolute Gasteiger partial charge is 0.124 e. The number of nitrogens with two attached hydrogens (primary N) is 1. The second-order valence-corrected chi connectivity index (χ2v) is 5.76. The number of aromatic hydroxyl groups is 1. The number of phenols is 1. The van der Waals surface area contributed by atoms with Gasteiger partial charge < -0.3 is 15.7 Å². The summed E-state index contributed by atoms with van der Waals surface area (Å²) in [4.78, 5) is 2.20. The molecular weight excluding hydrogens is 212 g/mol. The van der Waals surface area contributed by atoms with E-state index in [1.54, 1.807) is 0 Å². The van der Waals surface area contributed by atoms with Gasteiger partial charge in [0.2, 0.25) is 0 Å². The summed E-state index contributed by atoms with van der Waals surface area (Å²) in [5, 5.41) is 10.3. The molecule has 0 aromatic heterocycles. The van der Waals surface area contributed by atoms with E-state index in [0.29, 0.717) is 12.2 Å². The number of phenolic OH excluding ortho intramolecular Hbond substituents is 1. The molecule has 1 aromatic rings. The zero-order valence-electron chi connectivity index (χ0n) is 11.0. The van der Waals surface area contributed by atoms with Crippen LogP contribution in [0.5, 0.6) is 5.75 Å². The molecule has 0 saturated carbocycles. The first-order valence-electron chi connectivity index (χ1n) is 6.22. The van der Waals surface area contributed by atoms with Crippen molar-refractivity contribution in [2.45, 2.75) is 38.6 Å². The zero-order valence-corrected chi connectivity index (χ0v) is 11.0. The van der Waals surface area contributed by atoms with Crippen LogP contribution in [-0.2, 0) is 12.8 Å². The lowest BCUT2D eigenvalue weighted by atomic mass is 9.91. The Balaban J connectivity index is 2.39. The molecule has 3 nitrogen and oxygen atoms in total. The zero-order chi connectivity index (χ0) is 12.6. The van der Waals surface area contributed by atoms with Crippen LogP contribution in [0.4, 0.5) is 5.69 Å². The molecule has 1 aliphatic rings. The molecule has 3 N–H and O–H groups in total. The predicted octanol–water partition coefficient (Wildman–Crippen LogP) is 2.05. The van der Waals surface area contributed by atoms with Gasteiger partial charge in [-0.25, -0.2) is 0 Å². The van der Waals surface area contributed by atoms with Gasteiger partial charge >= 0.3 is 0 Å². The molecule has 17 heavy (non-hydrogen) atoms. The summed E-state index contributed by atoms with van der Waals surface area (Å²) in [6, 6.07) is 4.11. The molecule has 0 spiro atoms. The summed E-state index contributed by atoms with van der Waals surface area (Å²) in [6.07, 6.45) is 2.77. The van der Waals surface area contributed by atoms with Gasteiger partial charge in [-0.2, -0.15) is 0 Å². The fourth-order valence-electron chi connectivity index (χ4n) is 2.53. The summed E-state index contributed by atoms with van der Waals surface area (Å²) in [5.41, 5.74) is 8.94. The molecule has 0 bridgehead atoms. The number of anilines is 1. The Hall–Kier alpha value is -1.22. The Morgan fingerprint density at radius 1 is 1.41 bits per heavy atom. The second kappa shape index (κ2) is 4.22. The Labute approximate surface area is 103 Å². The summed E-state index contributed by atoms with van der Waals surface area (Å²) < 4.78 is 0. The summed E-state index contributed by atoms with van der Waals surface area (Å²) in [7, 11) is 2.07. The highest BCUT2D eigenvalue weighted by atomic mass is 16.3. The van der Waals surface area contributed by atoms with Crippen LogP contribution < -0.4 is 10.6 Å². The van der Waals surface area contributed by atoms with E-state index in [4.69, 9.17) is 5.73 Å². The van der Waals surface area contributed by atoms with Crippen LogP contribution in [0, 0.1) is 0 Å². The van der Waals surface area contributed by atoms with Gasteiger partial charge in [-0.1, -0.05) is 6.07 Å². The van der Waals surface area contributed by atoms with Crippen molar-refractivity contribution >= 4 is 5.69 Å². The number of hydrogen-bond acceptors (Lipinski definition) is 3. The Kier molecular flexibility index (Phi) is 3.04. The molecule has 94 valence electrons.